The SMILES string of the molecule is CSC(CC(=O)OC(C)(C)C)C(=O)C(=O)OCc1ccc([N+](=O)[O-])cc1. The normalized spacial score (nSPS) is 12.2. The van der Waals surface area contributed by atoms with E-state index in [0.29, 0.717) is 5.56 Å². The summed E-state index contributed by atoms with van der Waals surface area (Å²) in [5.74, 6) is -2.47. The summed E-state index contributed by atoms with van der Waals surface area (Å²) >= 11 is 1.06. The monoisotopic (exact) mass is 383 g/mol. The highest BCUT2D eigenvalue weighted by atomic mass is 32.2. The Kier molecular flexibility index (Phi) is 7.76. The zero-order chi connectivity index (χ0) is 19.9. The summed E-state index contributed by atoms with van der Waals surface area (Å²) in [7, 11) is 0. The standard InChI is InChI=1S/C17H21NO7S/c1-17(2,3)25-14(19)9-13(26-4)15(20)16(21)24-10-11-5-7-12(8-6-11)18(22)23/h5-8,13H,9-10H2,1-4H3. The molecule has 0 amide bonds. The molecule has 1 atom stereocenters. The van der Waals surface area contributed by atoms with Crippen LogP contribution in [0.15, 0.2) is 24.3 Å². The highest BCUT2D eigenvalue weighted by molar-refractivity contribution is 8.00. The van der Waals surface area contributed by atoms with E-state index in [2.05, 4.69) is 0 Å². The van der Waals surface area contributed by atoms with Gasteiger partial charge in [0.25, 0.3) is 11.5 Å². The number of rotatable bonds is 8. The van der Waals surface area contributed by atoms with Crippen molar-refractivity contribution >= 4 is 35.2 Å². The zero-order valence-electron chi connectivity index (χ0n) is 15.0. The third kappa shape index (κ3) is 7.22. The number of carbonyl (C=O) groups excluding carboxylic acids is 3. The predicted molar refractivity (Wildman–Crippen MR) is 95.7 cm³/mol. The van der Waals surface area contributed by atoms with Crippen LogP contribution in [0.1, 0.15) is 32.8 Å². The third-order valence-electron chi connectivity index (χ3n) is 3.07. The van der Waals surface area contributed by atoms with E-state index < -0.39 is 33.5 Å². The minimum atomic E-state index is -1.06. The van der Waals surface area contributed by atoms with Crippen molar-refractivity contribution in [3.05, 3.63) is 39.9 Å². The highest BCUT2D eigenvalue weighted by Gasteiger charge is 2.30. The minimum Gasteiger partial charge on any atom is -0.460 e. The Morgan fingerprint density at radius 2 is 1.77 bits per heavy atom. The lowest BCUT2D eigenvalue weighted by molar-refractivity contribution is -0.384. The van der Waals surface area contributed by atoms with E-state index >= 15 is 0 Å². The molecule has 1 unspecified atom stereocenters. The molecule has 0 saturated heterocycles. The van der Waals surface area contributed by atoms with Gasteiger partial charge in [0.15, 0.2) is 0 Å². The number of nitro groups is 1. The van der Waals surface area contributed by atoms with Gasteiger partial charge in [-0.05, 0) is 44.7 Å². The number of Topliss-reactive ketones (excluding diaryl/α,β-unsaturated/α-hetero) is 1. The van der Waals surface area contributed by atoms with E-state index in [0.717, 1.165) is 11.8 Å². The van der Waals surface area contributed by atoms with Gasteiger partial charge in [0.1, 0.15) is 12.2 Å². The number of non-ortho nitro benzene ring substituents is 1. The molecule has 1 aromatic carbocycles. The Bertz CT molecular complexity index is 679. The second-order valence-corrected chi connectivity index (χ2v) is 7.42. The number of benzene rings is 1. The molecule has 0 N–H and O–H groups in total. The first-order valence-electron chi connectivity index (χ1n) is 7.72. The topological polar surface area (TPSA) is 113 Å². The molecule has 0 aromatic heterocycles. The van der Waals surface area contributed by atoms with Crippen molar-refractivity contribution in [3.63, 3.8) is 0 Å². The van der Waals surface area contributed by atoms with Crippen molar-refractivity contribution in [2.45, 2.75) is 44.6 Å². The van der Waals surface area contributed by atoms with Crippen LogP contribution >= 0.6 is 11.8 Å². The second kappa shape index (κ2) is 9.33. The Hall–Kier alpha value is -2.42. The van der Waals surface area contributed by atoms with Crippen molar-refractivity contribution in [2.24, 2.45) is 0 Å². The van der Waals surface area contributed by atoms with Crippen LogP contribution in [-0.4, -0.2) is 39.8 Å². The zero-order valence-corrected chi connectivity index (χ0v) is 15.8. The van der Waals surface area contributed by atoms with Crippen LogP contribution in [0.2, 0.25) is 0 Å². The summed E-state index contributed by atoms with van der Waals surface area (Å²) in [4.78, 5) is 45.9. The first-order valence-corrected chi connectivity index (χ1v) is 9.01. The number of hydrogen-bond donors (Lipinski definition) is 0. The van der Waals surface area contributed by atoms with E-state index in [9.17, 15) is 24.5 Å². The van der Waals surface area contributed by atoms with Crippen LogP contribution in [0.5, 0.6) is 0 Å². The fourth-order valence-electron chi connectivity index (χ4n) is 1.88. The maximum atomic E-state index is 12.1. The van der Waals surface area contributed by atoms with Gasteiger partial charge in [-0.15, -0.1) is 0 Å². The van der Waals surface area contributed by atoms with Gasteiger partial charge in [0.2, 0.25) is 0 Å². The molecule has 8 nitrogen and oxygen atoms in total. The predicted octanol–water partition coefficient (Wildman–Crippen LogP) is 2.67. The summed E-state index contributed by atoms with van der Waals surface area (Å²) < 4.78 is 10.1. The molecule has 0 fully saturated rings. The highest BCUT2D eigenvalue weighted by Crippen LogP contribution is 2.18. The van der Waals surface area contributed by atoms with Crippen LogP contribution < -0.4 is 0 Å². The van der Waals surface area contributed by atoms with E-state index in [1.807, 2.05) is 0 Å². The third-order valence-corrected chi connectivity index (χ3v) is 4.02. The molecular weight excluding hydrogens is 362 g/mol. The minimum absolute atomic E-state index is 0.0871. The molecule has 0 bridgehead atoms. The van der Waals surface area contributed by atoms with E-state index in [-0.39, 0.29) is 18.7 Å². The summed E-state index contributed by atoms with van der Waals surface area (Å²) in [6, 6.07) is 5.42. The molecule has 26 heavy (non-hydrogen) atoms. The van der Waals surface area contributed by atoms with Gasteiger partial charge in [0, 0.05) is 12.1 Å². The Balaban J connectivity index is 2.60. The van der Waals surface area contributed by atoms with Crippen LogP contribution in [0.4, 0.5) is 5.69 Å². The Morgan fingerprint density at radius 3 is 2.23 bits per heavy atom. The molecule has 0 aliphatic carbocycles. The molecule has 1 rings (SSSR count). The fourth-order valence-corrected chi connectivity index (χ4v) is 2.50. The van der Waals surface area contributed by atoms with Gasteiger partial charge in [-0.3, -0.25) is 19.7 Å². The van der Waals surface area contributed by atoms with Gasteiger partial charge in [-0.2, -0.15) is 11.8 Å². The molecule has 0 aliphatic heterocycles. The van der Waals surface area contributed by atoms with E-state index in [4.69, 9.17) is 9.47 Å². The first kappa shape index (κ1) is 21.6. The van der Waals surface area contributed by atoms with Crippen LogP contribution in [0.3, 0.4) is 0 Å². The van der Waals surface area contributed by atoms with Crippen molar-refractivity contribution in [1.82, 2.24) is 0 Å². The molecular formula is C17H21NO7S. The van der Waals surface area contributed by atoms with Crippen molar-refractivity contribution in [3.8, 4) is 0 Å². The molecule has 0 radical (unpaired) electrons. The van der Waals surface area contributed by atoms with E-state index in [1.54, 1.807) is 27.0 Å². The number of ketones is 1. The fraction of sp³-hybridized carbons (Fsp3) is 0.471. The number of carbonyl (C=O) groups is 3. The largest absolute Gasteiger partial charge is 0.460 e. The first-order chi connectivity index (χ1) is 12.0. The lowest BCUT2D eigenvalue weighted by Crippen LogP contribution is -2.32. The van der Waals surface area contributed by atoms with Crippen LogP contribution in [0, 0.1) is 10.1 Å². The molecule has 9 heteroatoms. The summed E-state index contributed by atoms with van der Waals surface area (Å²) in [5, 5.41) is 9.69. The number of nitro benzene ring substituents is 1. The number of ether oxygens (including phenoxy) is 2. The van der Waals surface area contributed by atoms with Gasteiger partial charge < -0.3 is 9.47 Å². The lowest BCUT2D eigenvalue weighted by atomic mass is 10.1. The number of hydrogen-bond acceptors (Lipinski definition) is 8. The quantitative estimate of drug-likeness (QED) is 0.291. The van der Waals surface area contributed by atoms with Gasteiger partial charge in [0.05, 0.1) is 16.6 Å². The van der Waals surface area contributed by atoms with Gasteiger partial charge in [-0.25, -0.2) is 4.79 Å². The summed E-state index contributed by atoms with van der Waals surface area (Å²) in [6.45, 7) is 4.92. The van der Waals surface area contributed by atoms with Crippen molar-refractivity contribution < 1.29 is 28.8 Å². The van der Waals surface area contributed by atoms with Crippen molar-refractivity contribution in [2.75, 3.05) is 6.26 Å². The number of esters is 2. The number of thioether (sulfide) groups is 1. The van der Waals surface area contributed by atoms with Crippen LogP contribution in [-0.2, 0) is 30.5 Å². The maximum absolute atomic E-state index is 12.1. The van der Waals surface area contributed by atoms with Crippen LogP contribution in [0.25, 0.3) is 0 Å². The summed E-state index contributed by atoms with van der Waals surface area (Å²) in [5.41, 5.74) is -0.264. The molecule has 142 valence electrons. The molecule has 0 aliphatic rings. The Labute approximate surface area is 155 Å². The average Bonchev–Trinajstić information content (AvgIpc) is 2.55. The smallest absolute Gasteiger partial charge is 0.376 e. The molecule has 0 spiro atoms. The average molecular weight is 383 g/mol. The summed E-state index contributed by atoms with van der Waals surface area (Å²) in [6.07, 6.45) is 1.38. The number of nitrogens with zero attached hydrogens (tertiary/aromatic N) is 1. The molecule has 0 saturated carbocycles. The van der Waals surface area contributed by atoms with Crippen molar-refractivity contribution in [1.29, 1.82) is 0 Å². The van der Waals surface area contributed by atoms with Gasteiger partial charge in [-0.1, -0.05) is 0 Å². The molecule has 1 aromatic rings. The van der Waals surface area contributed by atoms with E-state index in [1.165, 1.54) is 24.3 Å². The van der Waals surface area contributed by atoms with Gasteiger partial charge >= 0.3 is 11.9 Å². The Morgan fingerprint density at radius 1 is 1.19 bits per heavy atom. The maximum Gasteiger partial charge on any atom is 0.376 e. The second-order valence-electron chi connectivity index (χ2n) is 6.38. The molecule has 0 heterocycles. The lowest BCUT2D eigenvalue weighted by Gasteiger charge is -2.21.